The van der Waals surface area contributed by atoms with E-state index < -0.39 is 4.92 Å². The monoisotopic (exact) mass is 285 g/mol. The van der Waals surface area contributed by atoms with E-state index in [1.54, 1.807) is 6.07 Å². The fraction of sp³-hybridized carbons (Fsp3) is 0.333. The standard InChI is InChI=1S/C15H15N3O3/c19-10-13-3-1-2-8-17(13)15-7-4-11-9-12(18(20)21)5-6-14(11)16-15/h4-7,9-10,13H,1-3,8H2. The third-order valence-corrected chi connectivity index (χ3v) is 3.87. The first kappa shape index (κ1) is 13.5. The van der Waals surface area contributed by atoms with Gasteiger partial charge in [-0.1, -0.05) is 0 Å². The Morgan fingerprint density at radius 3 is 2.90 bits per heavy atom. The number of aldehydes is 1. The molecular weight excluding hydrogens is 270 g/mol. The van der Waals surface area contributed by atoms with E-state index in [0.29, 0.717) is 5.52 Å². The van der Waals surface area contributed by atoms with Crippen LogP contribution >= 0.6 is 0 Å². The predicted molar refractivity (Wildman–Crippen MR) is 79.4 cm³/mol. The molecule has 1 saturated heterocycles. The van der Waals surface area contributed by atoms with Gasteiger partial charge in [-0.15, -0.1) is 0 Å². The number of benzene rings is 1. The summed E-state index contributed by atoms with van der Waals surface area (Å²) in [7, 11) is 0. The molecule has 108 valence electrons. The maximum absolute atomic E-state index is 11.2. The molecule has 1 aliphatic heterocycles. The second kappa shape index (κ2) is 5.47. The van der Waals surface area contributed by atoms with Crippen molar-refractivity contribution in [3.8, 4) is 0 Å². The van der Waals surface area contributed by atoms with E-state index in [4.69, 9.17) is 0 Å². The smallest absolute Gasteiger partial charge is 0.270 e. The molecule has 0 bridgehead atoms. The van der Waals surface area contributed by atoms with Gasteiger partial charge in [0.1, 0.15) is 12.1 Å². The number of nitro benzene ring substituents is 1. The van der Waals surface area contributed by atoms with Gasteiger partial charge < -0.3 is 9.69 Å². The van der Waals surface area contributed by atoms with Gasteiger partial charge in [0.15, 0.2) is 0 Å². The Bertz CT molecular complexity index is 702. The summed E-state index contributed by atoms with van der Waals surface area (Å²) >= 11 is 0. The van der Waals surface area contributed by atoms with E-state index in [0.717, 1.165) is 43.3 Å². The second-order valence-electron chi connectivity index (χ2n) is 5.20. The van der Waals surface area contributed by atoms with Gasteiger partial charge >= 0.3 is 0 Å². The molecule has 2 heterocycles. The summed E-state index contributed by atoms with van der Waals surface area (Å²) in [6.45, 7) is 0.814. The number of pyridine rings is 1. The number of carbonyl (C=O) groups is 1. The molecule has 1 aliphatic rings. The van der Waals surface area contributed by atoms with Gasteiger partial charge in [-0.2, -0.15) is 0 Å². The molecule has 0 N–H and O–H groups in total. The van der Waals surface area contributed by atoms with Crippen molar-refractivity contribution in [1.29, 1.82) is 0 Å². The van der Waals surface area contributed by atoms with Crippen LogP contribution in [0.4, 0.5) is 11.5 Å². The lowest BCUT2D eigenvalue weighted by Crippen LogP contribution is -2.41. The van der Waals surface area contributed by atoms with Crippen LogP contribution in [0.2, 0.25) is 0 Å². The number of carbonyl (C=O) groups excluding carboxylic acids is 1. The summed E-state index contributed by atoms with van der Waals surface area (Å²) in [5.41, 5.74) is 0.758. The molecule has 0 spiro atoms. The Labute approximate surface area is 121 Å². The fourth-order valence-corrected chi connectivity index (χ4v) is 2.76. The average Bonchev–Trinajstić information content (AvgIpc) is 2.53. The Morgan fingerprint density at radius 2 is 2.14 bits per heavy atom. The molecular formula is C15H15N3O3. The summed E-state index contributed by atoms with van der Waals surface area (Å²) in [5, 5.41) is 11.5. The van der Waals surface area contributed by atoms with E-state index in [2.05, 4.69) is 4.98 Å². The number of nitro groups is 1. The van der Waals surface area contributed by atoms with Crippen LogP contribution in [-0.2, 0) is 4.79 Å². The van der Waals surface area contributed by atoms with E-state index in [1.807, 2.05) is 17.0 Å². The predicted octanol–water partition coefficient (Wildman–Crippen LogP) is 2.70. The lowest BCUT2D eigenvalue weighted by Gasteiger charge is -2.33. The molecule has 0 radical (unpaired) electrons. The van der Waals surface area contributed by atoms with Crippen molar-refractivity contribution >= 4 is 28.7 Å². The highest BCUT2D eigenvalue weighted by Gasteiger charge is 2.23. The zero-order chi connectivity index (χ0) is 14.8. The van der Waals surface area contributed by atoms with Crippen LogP contribution in [0.5, 0.6) is 0 Å². The van der Waals surface area contributed by atoms with Crippen LogP contribution in [0.15, 0.2) is 30.3 Å². The lowest BCUT2D eigenvalue weighted by atomic mass is 10.0. The third-order valence-electron chi connectivity index (χ3n) is 3.87. The minimum absolute atomic E-state index is 0.0563. The van der Waals surface area contributed by atoms with Gasteiger partial charge in [-0.3, -0.25) is 10.1 Å². The van der Waals surface area contributed by atoms with Gasteiger partial charge in [0, 0.05) is 24.1 Å². The molecule has 6 heteroatoms. The molecule has 3 rings (SSSR count). The van der Waals surface area contributed by atoms with Crippen LogP contribution in [0.3, 0.4) is 0 Å². The van der Waals surface area contributed by atoms with Gasteiger partial charge in [0.25, 0.3) is 5.69 Å². The van der Waals surface area contributed by atoms with Crippen molar-refractivity contribution in [3.05, 3.63) is 40.4 Å². The number of anilines is 1. The Hall–Kier alpha value is -2.50. The molecule has 0 aliphatic carbocycles. The molecule has 1 aromatic carbocycles. The third kappa shape index (κ3) is 2.56. The highest BCUT2D eigenvalue weighted by molar-refractivity contribution is 5.83. The number of non-ortho nitro benzene ring substituents is 1. The van der Waals surface area contributed by atoms with Crippen molar-refractivity contribution in [3.63, 3.8) is 0 Å². The molecule has 1 atom stereocenters. The van der Waals surface area contributed by atoms with Gasteiger partial charge in [-0.25, -0.2) is 4.98 Å². The van der Waals surface area contributed by atoms with Crippen LogP contribution < -0.4 is 4.90 Å². The zero-order valence-electron chi connectivity index (χ0n) is 11.4. The Morgan fingerprint density at radius 1 is 1.29 bits per heavy atom. The Kier molecular flexibility index (Phi) is 3.51. The number of hydrogen-bond acceptors (Lipinski definition) is 5. The van der Waals surface area contributed by atoms with Crippen molar-refractivity contribution < 1.29 is 9.72 Å². The summed E-state index contributed by atoms with van der Waals surface area (Å²) < 4.78 is 0. The summed E-state index contributed by atoms with van der Waals surface area (Å²) in [6, 6.07) is 8.14. The van der Waals surface area contributed by atoms with Crippen LogP contribution in [0.1, 0.15) is 19.3 Å². The highest BCUT2D eigenvalue weighted by atomic mass is 16.6. The minimum atomic E-state index is -0.416. The maximum Gasteiger partial charge on any atom is 0.270 e. The molecule has 1 unspecified atom stereocenters. The molecule has 1 aromatic heterocycles. The number of piperidine rings is 1. The molecule has 1 fully saturated rings. The van der Waals surface area contributed by atoms with Crippen molar-refractivity contribution in [1.82, 2.24) is 4.98 Å². The lowest BCUT2D eigenvalue weighted by molar-refractivity contribution is -0.384. The van der Waals surface area contributed by atoms with Crippen LogP contribution in [0.25, 0.3) is 10.9 Å². The molecule has 0 amide bonds. The molecule has 0 saturated carbocycles. The van der Waals surface area contributed by atoms with E-state index in [9.17, 15) is 14.9 Å². The van der Waals surface area contributed by atoms with Gasteiger partial charge in [0.2, 0.25) is 0 Å². The molecule has 21 heavy (non-hydrogen) atoms. The number of rotatable bonds is 3. The second-order valence-corrected chi connectivity index (χ2v) is 5.20. The first-order chi connectivity index (χ1) is 10.2. The number of fused-ring (bicyclic) bond motifs is 1. The topological polar surface area (TPSA) is 76.3 Å². The van der Waals surface area contributed by atoms with Crippen molar-refractivity contribution in [2.45, 2.75) is 25.3 Å². The average molecular weight is 285 g/mol. The highest BCUT2D eigenvalue weighted by Crippen LogP contribution is 2.26. The Balaban J connectivity index is 1.99. The molecule has 2 aromatic rings. The summed E-state index contributed by atoms with van der Waals surface area (Å²) in [5.74, 6) is 0.758. The number of hydrogen-bond donors (Lipinski definition) is 0. The van der Waals surface area contributed by atoms with E-state index in [-0.39, 0.29) is 11.7 Å². The van der Waals surface area contributed by atoms with E-state index >= 15 is 0 Å². The summed E-state index contributed by atoms with van der Waals surface area (Å²) in [4.78, 5) is 28.1. The largest absolute Gasteiger partial charge is 0.347 e. The SMILES string of the molecule is O=CC1CCCCN1c1ccc2cc([N+](=O)[O-])ccc2n1. The van der Waals surface area contributed by atoms with Crippen LogP contribution in [-0.4, -0.2) is 28.8 Å². The first-order valence-electron chi connectivity index (χ1n) is 6.96. The normalized spacial score (nSPS) is 18.7. The zero-order valence-corrected chi connectivity index (χ0v) is 11.4. The maximum atomic E-state index is 11.2. The van der Waals surface area contributed by atoms with Gasteiger partial charge in [-0.05, 0) is 37.5 Å². The van der Waals surface area contributed by atoms with Crippen LogP contribution in [0, 0.1) is 10.1 Å². The fourth-order valence-electron chi connectivity index (χ4n) is 2.76. The van der Waals surface area contributed by atoms with E-state index in [1.165, 1.54) is 12.1 Å². The number of aromatic nitrogens is 1. The minimum Gasteiger partial charge on any atom is -0.347 e. The number of nitrogens with zero attached hydrogens (tertiary/aromatic N) is 3. The summed E-state index contributed by atoms with van der Waals surface area (Å²) in [6.07, 6.45) is 3.92. The first-order valence-corrected chi connectivity index (χ1v) is 6.96. The molecule has 6 nitrogen and oxygen atoms in total. The van der Waals surface area contributed by atoms with Crippen molar-refractivity contribution in [2.24, 2.45) is 0 Å². The quantitative estimate of drug-likeness (QED) is 0.492. The van der Waals surface area contributed by atoms with Crippen molar-refractivity contribution in [2.75, 3.05) is 11.4 Å². The van der Waals surface area contributed by atoms with Gasteiger partial charge in [0.05, 0.1) is 16.5 Å².